The molecule has 2 N–H and O–H groups in total. The van der Waals surface area contributed by atoms with E-state index < -0.39 is 0 Å². The third-order valence-electron chi connectivity index (χ3n) is 4.29. The van der Waals surface area contributed by atoms with Crippen molar-refractivity contribution in [3.63, 3.8) is 0 Å². The Hall–Kier alpha value is -3.67. The fourth-order valence-electron chi connectivity index (χ4n) is 2.80. The highest BCUT2D eigenvalue weighted by Crippen LogP contribution is 2.33. The van der Waals surface area contributed by atoms with Crippen molar-refractivity contribution in [3.8, 4) is 17.2 Å². The highest BCUT2D eigenvalue weighted by Gasteiger charge is 2.15. The number of aromatic hydroxyl groups is 1. The van der Waals surface area contributed by atoms with Crippen LogP contribution in [0.15, 0.2) is 65.3 Å². The second-order valence-corrected chi connectivity index (χ2v) is 6.10. The molecule has 2 heterocycles. The summed E-state index contributed by atoms with van der Waals surface area (Å²) >= 11 is 0. The quantitative estimate of drug-likeness (QED) is 0.527. The van der Waals surface area contributed by atoms with Crippen molar-refractivity contribution in [2.75, 3.05) is 5.32 Å². The van der Waals surface area contributed by atoms with Gasteiger partial charge in [-0.2, -0.15) is 0 Å². The molecule has 134 valence electrons. The number of anilines is 1. The number of phenols is 1. The summed E-state index contributed by atoms with van der Waals surface area (Å²) in [5, 5.41) is 13.0. The first-order valence-corrected chi connectivity index (χ1v) is 8.58. The van der Waals surface area contributed by atoms with Gasteiger partial charge in [-0.3, -0.25) is 9.78 Å². The van der Waals surface area contributed by atoms with E-state index in [9.17, 15) is 9.90 Å². The zero-order chi connectivity index (χ0) is 18.8. The van der Waals surface area contributed by atoms with Gasteiger partial charge in [0.1, 0.15) is 11.3 Å². The van der Waals surface area contributed by atoms with Crippen LogP contribution in [0.2, 0.25) is 0 Å². The molecule has 0 saturated carbocycles. The second-order valence-electron chi connectivity index (χ2n) is 6.10. The lowest BCUT2D eigenvalue weighted by molar-refractivity contribution is 0.102. The van der Waals surface area contributed by atoms with E-state index in [2.05, 4.69) is 22.2 Å². The van der Waals surface area contributed by atoms with Crippen LogP contribution < -0.4 is 5.32 Å². The molecule has 0 bridgehead atoms. The molecule has 0 aliphatic carbocycles. The molecule has 0 fully saturated rings. The number of nitrogens with zero attached hydrogens (tertiary/aromatic N) is 2. The van der Waals surface area contributed by atoms with Gasteiger partial charge >= 0.3 is 0 Å². The molecular formula is C21H17N3O3. The lowest BCUT2D eigenvalue weighted by Crippen LogP contribution is -2.11. The highest BCUT2D eigenvalue weighted by molar-refractivity contribution is 6.04. The first-order valence-electron chi connectivity index (χ1n) is 8.58. The van der Waals surface area contributed by atoms with Crippen LogP contribution in [-0.2, 0) is 6.42 Å². The van der Waals surface area contributed by atoms with E-state index in [0.29, 0.717) is 28.3 Å². The summed E-state index contributed by atoms with van der Waals surface area (Å²) in [5.41, 5.74) is 3.97. The standard InChI is InChI=1S/C21H17N3O3/c1-2-13-3-6-19-17(11-13)24-21(27-19)16-12-15(4-5-18(16)25)23-20(26)14-7-9-22-10-8-14/h3-12,25H,2H2,1H3,(H,23,26). The van der Waals surface area contributed by atoms with E-state index in [1.807, 2.05) is 18.2 Å². The van der Waals surface area contributed by atoms with Crippen LogP contribution in [0.1, 0.15) is 22.8 Å². The fourth-order valence-corrected chi connectivity index (χ4v) is 2.80. The van der Waals surface area contributed by atoms with Crippen LogP contribution in [-0.4, -0.2) is 21.0 Å². The summed E-state index contributed by atoms with van der Waals surface area (Å²) in [6, 6.07) is 13.8. The molecule has 4 rings (SSSR count). The summed E-state index contributed by atoms with van der Waals surface area (Å²) in [4.78, 5) is 20.7. The van der Waals surface area contributed by atoms with Gasteiger partial charge in [-0.1, -0.05) is 13.0 Å². The number of oxazole rings is 1. The molecule has 0 aliphatic heterocycles. The number of aromatic nitrogens is 2. The maximum atomic E-state index is 12.3. The molecule has 2 aromatic carbocycles. The van der Waals surface area contributed by atoms with Gasteiger partial charge in [0.05, 0.1) is 5.56 Å². The molecule has 6 heteroatoms. The minimum absolute atomic E-state index is 0.0270. The Labute approximate surface area is 155 Å². The summed E-state index contributed by atoms with van der Waals surface area (Å²) in [5.74, 6) is 0.0640. The fraction of sp³-hybridized carbons (Fsp3) is 0.0952. The van der Waals surface area contributed by atoms with Crippen molar-refractivity contribution in [2.24, 2.45) is 0 Å². The molecule has 0 aliphatic rings. The minimum atomic E-state index is -0.265. The van der Waals surface area contributed by atoms with Gasteiger partial charge in [0.2, 0.25) is 5.89 Å². The number of hydrogen-bond donors (Lipinski definition) is 2. The van der Waals surface area contributed by atoms with E-state index in [0.717, 1.165) is 17.5 Å². The minimum Gasteiger partial charge on any atom is -0.507 e. The molecule has 0 saturated heterocycles. The average molecular weight is 359 g/mol. The van der Waals surface area contributed by atoms with Crippen LogP contribution in [0.4, 0.5) is 5.69 Å². The monoisotopic (exact) mass is 359 g/mol. The Kier molecular flexibility index (Phi) is 4.30. The molecular weight excluding hydrogens is 342 g/mol. The number of fused-ring (bicyclic) bond motifs is 1. The van der Waals surface area contributed by atoms with E-state index >= 15 is 0 Å². The average Bonchev–Trinajstić information content (AvgIpc) is 3.13. The Balaban J connectivity index is 1.67. The second kappa shape index (κ2) is 6.92. The Morgan fingerprint density at radius 3 is 2.70 bits per heavy atom. The van der Waals surface area contributed by atoms with E-state index in [1.165, 1.54) is 6.07 Å². The molecule has 4 aromatic rings. The molecule has 0 spiro atoms. The van der Waals surface area contributed by atoms with Crippen LogP contribution in [0.25, 0.3) is 22.6 Å². The lowest BCUT2D eigenvalue weighted by Gasteiger charge is -2.07. The Morgan fingerprint density at radius 1 is 1.11 bits per heavy atom. The van der Waals surface area contributed by atoms with Gasteiger partial charge in [0.15, 0.2) is 5.58 Å². The first kappa shape index (κ1) is 16.8. The van der Waals surface area contributed by atoms with Crippen LogP contribution >= 0.6 is 0 Å². The zero-order valence-corrected chi connectivity index (χ0v) is 14.6. The third kappa shape index (κ3) is 3.37. The number of aryl methyl sites for hydroxylation is 1. The van der Waals surface area contributed by atoms with Gasteiger partial charge in [0.25, 0.3) is 5.91 Å². The van der Waals surface area contributed by atoms with Crippen molar-refractivity contribution in [2.45, 2.75) is 13.3 Å². The Morgan fingerprint density at radius 2 is 1.93 bits per heavy atom. The van der Waals surface area contributed by atoms with E-state index in [1.54, 1.807) is 36.7 Å². The van der Waals surface area contributed by atoms with E-state index in [4.69, 9.17) is 4.42 Å². The summed E-state index contributed by atoms with van der Waals surface area (Å²) < 4.78 is 5.79. The lowest BCUT2D eigenvalue weighted by atomic mass is 10.1. The number of amides is 1. The smallest absolute Gasteiger partial charge is 0.255 e. The summed E-state index contributed by atoms with van der Waals surface area (Å²) in [6.07, 6.45) is 4.01. The van der Waals surface area contributed by atoms with Crippen molar-refractivity contribution >= 4 is 22.7 Å². The molecule has 0 unspecified atom stereocenters. The van der Waals surface area contributed by atoms with Gasteiger partial charge in [0, 0.05) is 23.6 Å². The number of benzene rings is 2. The SMILES string of the molecule is CCc1ccc2oc(-c3cc(NC(=O)c4ccncc4)ccc3O)nc2c1. The van der Waals surface area contributed by atoms with Crippen LogP contribution in [0.5, 0.6) is 5.75 Å². The number of hydrogen-bond acceptors (Lipinski definition) is 5. The van der Waals surface area contributed by atoms with Gasteiger partial charge < -0.3 is 14.8 Å². The van der Waals surface area contributed by atoms with Crippen molar-refractivity contribution in [3.05, 3.63) is 72.1 Å². The van der Waals surface area contributed by atoms with Gasteiger partial charge in [-0.15, -0.1) is 0 Å². The summed E-state index contributed by atoms with van der Waals surface area (Å²) in [6.45, 7) is 2.07. The summed E-state index contributed by atoms with van der Waals surface area (Å²) in [7, 11) is 0. The van der Waals surface area contributed by atoms with Crippen molar-refractivity contribution in [1.29, 1.82) is 0 Å². The molecule has 0 radical (unpaired) electrons. The topological polar surface area (TPSA) is 88.2 Å². The number of carbonyl (C=O) groups excluding carboxylic acids is 1. The molecule has 0 atom stereocenters. The van der Waals surface area contributed by atoms with Crippen molar-refractivity contribution < 1.29 is 14.3 Å². The number of rotatable bonds is 4. The predicted octanol–water partition coefficient (Wildman–Crippen LogP) is 4.41. The zero-order valence-electron chi connectivity index (χ0n) is 14.6. The molecule has 2 aromatic heterocycles. The third-order valence-corrected chi connectivity index (χ3v) is 4.29. The van der Waals surface area contributed by atoms with Gasteiger partial charge in [-0.05, 0) is 54.4 Å². The molecule has 6 nitrogen and oxygen atoms in total. The molecule has 1 amide bonds. The number of nitrogens with one attached hydrogen (secondary N) is 1. The maximum absolute atomic E-state index is 12.3. The number of phenolic OH excluding ortho intramolecular Hbond substituents is 1. The maximum Gasteiger partial charge on any atom is 0.255 e. The van der Waals surface area contributed by atoms with Crippen LogP contribution in [0, 0.1) is 0 Å². The van der Waals surface area contributed by atoms with Crippen LogP contribution in [0.3, 0.4) is 0 Å². The van der Waals surface area contributed by atoms with Crippen molar-refractivity contribution in [1.82, 2.24) is 9.97 Å². The molecule has 27 heavy (non-hydrogen) atoms. The normalized spacial score (nSPS) is 10.9. The highest BCUT2D eigenvalue weighted by atomic mass is 16.3. The number of pyridine rings is 1. The first-order chi connectivity index (χ1) is 13.1. The van der Waals surface area contributed by atoms with E-state index in [-0.39, 0.29) is 11.7 Å². The predicted molar refractivity (Wildman–Crippen MR) is 103 cm³/mol. The largest absolute Gasteiger partial charge is 0.507 e. The Bertz CT molecular complexity index is 1120. The number of carbonyl (C=O) groups is 1. The van der Waals surface area contributed by atoms with Gasteiger partial charge in [-0.25, -0.2) is 4.98 Å².